The number of hydrogen-bond donors (Lipinski definition) is 1. The second-order valence-electron chi connectivity index (χ2n) is 9.43. The normalized spacial score (nSPS) is 18.1. The van der Waals surface area contributed by atoms with Gasteiger partial charge in [-0.2, -0.15) is 0 Å². The van der Waals surface area contributed by atoms with E-state index in [0.717, 1.165) is 22.9 Å². The summed E-state index contributed by atoms with van der Waals surface area (Å²) in [4.78, 5) is 6.82. The van der Waals surface area contributed by atoms with Crippen molar-refractivity contribution in [3.63, 3.8) is 0 Å². The van der Waals surface area contributed by atoms with Crippen LogP contribution in [0.5, 0.6) is 11.5 Å². The maximum Gasteiger partial charge on any atom is 0.174 e. The highest BCUT2D eigenvalue weighted by molar-refractivity contribution is 7.80. The van der Waals surface area contributed by atoms with Crippen LogP contribution in [0.25, 0.3) is 0 Å². The van der Waals surface area contributed by atoms with Crippen LogP contribution in [0.2, 0.25) is 0 Å². The molecule has 2 aromatic heterocycles. The van der Waals surface area contributed by atoms with Gasteiger partial charge in [0.15, 0.2) is 5.11 Å². The van der Waals surface area contributed by atoms with Crippen molar-refractivity contribution in [3.05, 3.63) is 109 Å². The number of thiocarbonyl (C=S) groups is 1. The molecule has 0 aliphatic carbocycles. The van der Waals surface area contributed by atoms with Gasteiger partial charge in [-0.05, 0) is 93.1 Å². The Hall–Kier alpha value is -3.64. The standard InChI is InChI=1S/C28H28N4OS/c1-28(2,3)31-18-16-20(19-31)26-25(24-11-7-8-17-29-24)30-27(34)32(26)21-12-14-23(15-13-21)33-22-9-5-4-6-10-22/h4-19,25-26H,1-3H3,(H,30,34)/t25-,26+/m1/s1. The Morgan fingerprint density at radius 1 is 0.882 bits per heavy atom. The van der Waals surface area contributed by atoms with Crippen LogP contribution < -0.4 is 15.0 Å². The Morgan fingerprint density at radius 2 is 1.59 bits per heavy atom. The first kappa shape index (κ1) is 22.2. The first-order valence-electron chi connectivity index (χ1n) is 11.4. The Balaban J connectivity index is 1.50. The zero-order chi connectivity index (χ0) is 23.7. The molecule has 2 aromatic carbocycles. The second kappa shape index (κ2) is 8.95. The highest BCUT2D eigenvalue weighted by Crippen LogP contribution is 2.42. The van der Waals surface area contributed by atoms with Crippen LogP contribution in [0.3, 0.4) is 0 Å². The molecule has 0 spiro atoms. The van der Waals surface area contributed by atoms with Crippen LogP contribution in [0.4, 0.5) is 5.69 Å². The average Bonchev–Trinajstić information content (AvgIpc) is 3.46. The van der Waals surface area contributed by atoms with Gasteiger partial charge in [0.25, 0.3) is 0 Å². The summed E-state index contributed by atoms with van der Waals surface area (Å²) < 4.78 is 8.23. The van der Waals surface area contributed by atoms with Crippen LogP contribution in [-0.4, -0.2) is 14.7 Å². The van der Waals surface area contributed by atoms with Crippen LogP contribution in [0, 0.1) is 0 Å². The summed E-state index contributed by atoms with van der Waals surface area (Å²) in [5.41, 5.74) is 3.14. The fourth-order valence-electron chi connectivity index (χ4n) is 4.28. The summed E-state index contributed by atoms with van der Waals surface area (Å²) in [6.07, 6.45) is 6.19. The molecular formula is C28H28N4OS. The molecule has 2 atom stereocenters. The number of para-hydroxylation sites is 1. The zero-order valence-corrected chi connectivity index (χ0v) is 20.4. The molecule has 1 saturated heterocycles. The van der Waals surface area contributed by atoms with E-state index in [0.29, 0.717) is 5.11 Å². The number of pyridine rings is 1. The monoisotopic (exact) mass is 468 g/mol. The summed E-state index contributed by atoms with van der Waals surface area (Å²) in [7, 11) is 0. The molecule has 1 aliphatic heterocycles. The second-order valence-corrected chi connectivity index (χ2v) is 9.82. The molecule has 1 aliphatic rings. The fourth-order valence-corrected chi connectivity index (χ4v) is 4.62. The van der Waals surface area contributed by atoms with Gasteiger partial charge in [-0.1, -0.05) is 24.3 Å². The van der Waals surface area contributed by atoms with Crippen molar-refractivity contribution in [2.45, 2.75) is 38.4 Å². The van der Waals surface area contributed by atoms with Crippen molar-refractivity contribution < 1.29 is 4.74 Å². The highest BCUT2D eigenvalue weighted by atomic mass is 32.1. The molecular weight excluding hydrogens is 440 g/mol. The number of anilines is 1. The smallest absolute Gasteiger partial charge is 0.174 e. The summed E-state index contributed by atoms with van der Waals surface area (Å²) in [6, 6.07) is 26.0. The van der Waals surface area contributed by atoms with Gasteiger partial charge in [-0.3, -0.25) is 4.98 Å². The zero-order valence-electron chi connectivity index (χ0n) is 19.6. The molecule has 0 saturated carbocycles. The number of benzene rings is 2. The van der Waals surface area contributed by atoms with Crippen molar-refractivity contribution in [3.8, 4) is 11.5 Å². The largest absolute Gasteiger partial charge is 0.457 e. The molecule has 0 unspecified atom stereocenters. The Kier molecular flexibility index (Phi) is 5.84. The molecule has 0 amide bonds. The van der Waals surface area contributed by atoms with Gasteiger partial charge >= 0.3 is 0 Å². The van der Waals surface area contributed by atoms with Crippen molar-refractivity contribution >= 4 is 23.0 Å². The van der Waals surface area contributed by atoms with Gasteiger partial charge in [0.1, 0.15) is 11.5 Å². The quantitative estimate of drug-likeness (QED) is 0.334. The lowest BCUT2D eigenvalue weighted by Crippen LogP contribution is -2.29. The van der Waals surface area contributed by atoms with Gasteiger partial charge in [0.2, 0.25) is 0 Å². The van der Waals surface area contributed by atoms with Crippen LogP contribution >= 0.6 is 12.2 Å². The number of ether oxygens (including phenoxy) is 1. The number of nitrogens with zero attached hydrogens (tertiary/aromatic N) is 3. The lowest BCUT2D eigenvalue weighted by atomic mass is 9.98. The van der Waals surface area contributed by atoms with E-state index < -0.39 is 0 Å². The Bertz CT molecular complexity index is 1260. The first-order chi connectivity index (χ1) is 16.4. The fraction of sp³-hybridized carbons (Fsp3) is 0.214. The van der Waals surface area contributed by atoms with Crippen molar-refractivity contribution in [1.29, 1.82) is 0 Å². The molecule has 5 rings (SSSR count). The molecule has 4 aromatic rings. The third-order valence-corrected chi connectivity index (χ3v) is 6.34. The van der Waals surface area contributed by atoms with E-state index in [2.05, 4.69) is 71.1 Å². The maximum atomic E-state index is 5.99. The average molecular weight is 469 g/mol. The van der Waals surface area contributed by atoms with E-state index in [1.54, 1.807) is 0 Å². The third kappa shape index (κ3) is 4.41. The number of hydrogen-bond acceptors (Lipinski definition) is 3. The van der Waals surface area contributed by atoms with Crippen molar-refractivity contribution in [2.24, 2.45) is 0 Å². The van der Waals surface area contributed by atoms with Crippen molar-refractivity contribution in [2.75, 3.05) is 4.90 Å². The number of rotatable bonds is 5. The molecule has 1 N–H and O–H groups in total. The molecule has 6 heteroatoms. The lowest BCUT2D eigenvalue weighted by molar-refractivity contribution is 0.397. The minimum absolute atomic E-state index is 0.00740. The summed E-state index contributed by atoms with van der Waals surface area (Å²) in [5, 5.41) is 4.21. The molecule has 0 radical (unpaired) electrons. The Labute approximate surface area is 206 Å². The van der Waals surface area contributed by atoms with E-state index in [1.807, 2.05) is 66.9 Å². The summed E-state index contributed by atoms with van der Waals surface area (Å²) in [6.45, 7) is 6.61. The molecule has 172 valence electrons. The van der Waals surface area contributed by atoms with E-state index in [4.69, 9.17) is 17.0 Å². The molecule has 1 fully saturated rings. The highest BCUT2D eigenvalue weighted by Gasteiger charge is 2.41. The maximum absolute atomic E-state index is 5.99. The first-order valence-corrected chi connectivity index (χ1v) is 11.8. The van der Waals surface area contributed by atoms with E-state index in [1.165, 1.54) is 5.56 Å². The Morgan fingerprint density at radius 3 is 2.24 bits per heavy atom. The summed E-state index contributed by atoms with van der Waals surface area (Å²) >= 11 is 5.84. The molecule has 3 heterocycles. The van der Waals surface area contributed by atoms with Crippen molar-refractivity contribution in [1.82, 2.24) is 14.9 Å². The predicted molar refractivity (Wildman–Crippen MR) is 140 cm³/mol. The van der Waals surface area contributed by atoms with Gasteiger partial charge < -0.3 is 19.5 Å². The van der Waals surface area contributed by atoms with Gasteiger partial charge in [-0.15, -0.1) is 0 Å². The number of nitrogens with one attached hydrogen (secondary N) is 1. The molecule has 34 heavy (non-hydrogen) atoms. The van der Waals surface area contributed by atoms with E-state index in [9.17, 15) is 0 Å². The minimum Gasteiger partial charge on any atom is -0.457 e. The topological polar surface area (TPSA) is 42.3 Å². The molecule has 5 nitrogen and oxygen atoms in total. The SMILES string of the molecule is CC(C)(C)n1ccc([C@H]2[C@@H](c3ccccn3)NC(=S)N2c2ccc(Oc3ccccc3)cc2)c1. The summed E-state index contributed by atoms with van der Waals surface area (Å²) in [5.74, 6) is 1.59. The van der Waals surface area contributed by atoms with E-state index in [-0.39, 0.29) is 17.6 Å². The van der Waals surface area contributed by atoms with Gasteiger partial charge in [-0.25, -0.2) is 0 Å². The van der Waals surface area contributed by atoms with Crippen LogP contribution in [0.15, 0.2) is 97.5 Å². The third-order valence-electron chi connectivity index (χ3n) is 6.02. The van der Waals surface area contributed by atoms with Crippen LogP contribution in [0.1, 0.15) is 44.1 Å². The van der Waals surface area contributed by atoms with Crippen LogP contribution in [-0.2, 0) is 5.54 Å². The molecule has 0 bridgehead atoms. The van der Waals surface area contributed by atoms with Gasteiger partial charge in [0.05, 0.1) is 17.8 Å². The lowest BCUT2D eigenvalue weighted by Gasteiger charge is -2.28. The van der Waals surface area contributed by atoms with E-state index >= 15 is 0 Å². The van der Waals surface area contributed by atoms with Gasteiger partial charge in [0, 0.05) is 29.8 Å². The predicted octanol–water partition coefficient (Wildman–Crippen LogP) is 6.61. The minimum atomic E-state index is -0.0650. The number of aromatic nitrogens is 2.